The van der Waals surface area contributed by atoms with Gasteiger partial charge in [0.15, 0.2) is 17.2 Å². The zero-order valence-corrected chi connectivity index (χ0v) is 19.8. The number of benzene rings is 2. The maximum Gasteiger partial charge on any atom is 0.294 e. The summed E-state index contributed by atoms with van der Waals surface area (Å²) in [6.45, 7) is 2.61. The first-order valence-corrected chi connectivity index (χ1v) is 10.9. The molecule has 0 unspecified atom stereocenters. The number of carbonyl (C=O) groups is 1. The highest BCUT2D eigenvalue weighted by Crippen LogP contribution is 2.29. The third-order valence-corrected chi connectivity index (χ3v) is 4.97. The lowest BCUT2D eigenvalue weighted by molar-refractivity contribution is 0.0950. The Labute approximate surface area is 205 Å². The third-order valence-electron chi connectivity index (χ3n) is 4.97. The van der Waals surface area contributed by atoms with E-state index in [0.29, 0.717) is 40.7 Å². The third kappa shape index (κ3) is 5.09. The molecule has 0 radical (unpaired) electrons. The lowest BCUT2D eigenvalue weighted by Gasteiger charge is -2.08. The minimum absolute atomic E-state index is 0.0101. The Hall–Kier alpha value is -4.94. The summed E-state index contributed by atoms with van der Waals surface area (Å²) in [5.74, 6) is 1.28. The average molecular weight is 492 g/mol. The van der Waals surface area contributed by atoms with Gasteiger partial charge in [0, 0.05) is 5.56 Å². The summed E-state index contributed by atoms with van der Waals surface area (Å²) in [4.78, 5) is 13.0. The largest absolute Gasteiger partial charge is 0.494 e. The molecular formula is C23H24N8O5. The quantitative estimate of drug-likeness (QED) is 0.248. The normalized spacial score (nSPS) is 11.0. The second-order valence-corrected chi connectivity index (χ2v) is 7.36. The van der Waals surface area contributed by atoms with Gasteiger partial charge >= 0.3 is 0 Å². The van der Waals surface area contributed by atoms with Crippen molar-refractivity contribution in [3.8, 4) is 34.3 Å². The van der Waals surface area contributed by atoms with Crippen LogP contribution in [0.3, 0.4) is 0 Å². The number of nitrogens with zero attached hydrogens (tertiary/aromatic N) is 6. The number of carbonyl (C=O) groups excluding carboxylic acids is 1. The number of rotatable bonds is 10. The first kappa shape index (κ1) is 24.2. The van der Waals surface area contributed by atoms with Crippen molar-refractivity contribution in [2.45, 2.75) is 13.3 Å². The number of nitrogens with one attached hydrogen (secondary N) is 1. The molecular weight excluding hydrogens is 468 g/mol. The van der Waals surface area contributed by atoms with Crippen molar-refractivity contribution in [2.75, 3.05) is 26.6 Å². The number of nitrogens with two attached hydrogens (primary N) is 1. The van der Waals surface area contributed by atoms with E-state index in [2.05, 4.69) is 31.2 Å². The van der Waals surface area contributed by atoms with Crippen LogP contribution in [0.5, 0.6) is 17.2 Å². The number of aromatic nitrogens is 5. The molecule has 186 valence electrons. The summed E-state index contributed by atoms with van der Waals surface area (Å²) < 4.78 is 22.1. The maximum atomic E-state index is 13.0. The molecule has 0 saturated heterocycles. The Morgan fingerprint density at radius 1 is 1.14 bits per heavy atom. The van der Waals surface area contributed by atoms with E-state index < -0.39 is 5.91 Å². The van der Waals surface area contributed by atoms with Crippen molar-refractivity contribution in [3.63, 3.8) is 0 Å². The highest BCUT2D eigenvalue weighted by atomic mass is 16.6. The molecule has 0 aliphatic carbocycles. The molecule has 0 spiro atoms. The Bertz CT molecular complexity index is 1360. The van der Waals surface area contributed by atoms with Crippen molar-refractivity contribution in [1.82, 2.24) is 30.7 Å². The van der Waals surface area contributed by atoms with E-state index in [1.165, 1.54) is 18.0 Å². The Kier molecular flexibility index (Phi) is 7.39. The molecule has 0 saturated carbocycles. The minimum Gasteiger partial charge on any atom is -0.494 e. The highest BCUT2D eigenvalue weighted by Gasteiger charge is 2.25. The molecule has 2 heterocycles. The first-order valence-electron chi connectivity index (χ1n) is 10.9. The fourth-order valence-electron chi connectivity index (χ4n) is 3.26. The van der Waals surface area contributed by atoms with E-state index >= 15 is 0 Å². The van der Waals surface area contributed by atoms with Crippen LogP contribution >= 0.6 is 0 Å². The van der Waals surface area contributed by atoms with Crippen molar-refractivity contribution in [1.29, 1.82) is 0 Å². The molecule has 4 aromatic rings. The molecule has 13 heteroatoms. The lowest BCUT2D eigenvalue weighted by Crippen LogP contribution is -2.19. The molecule has 3 N–H and O–H groups in total. The summed E-state index contributed by atoms with van der Waals surface area (Å²) in [7, 11) is 3.08. The fourth-order valence-corrected chi connectivity index (χ4v) is 3.26. The van der Waals surface area contributed by atoms with Gasteiger partial charge in [0.05, 0.1) is 27.0 Å². The van der Waals surface area contributed by atoms with Gasteiger partial charge in [-0.25, -0.2) is 10.1 Å². The number of hydrogen-bond donors (Lipinski definition) is 2. The summed E-state index contributed by atoms with van der Waals surface area (Å²) in [5, 5.41) is 19.5. The maximum absolute atomic E-state index is 13.0. The number of ether oxygens (including phenoxy) is 3. The van der Waals surface area contributed by atoms with Crippen LogP contribution in [-0.4, -0.2) is 58.3 Å². The van der Waals surface area contributed by atoms with Gasteiger partial charge in [-0.05, 0) is 64.8 Å². The van der Waals surface area contributed by atoms with E-state index in [4.69, 9.17) is 24.6 Å². The number of nitrogen functional groups attached to an aromatic ring is 1. The number of methoxy groups -OCH3 is 2. The van der Waals surface area contributed by atoms with Crippen LogP contribution in [-0.2, 0) is 0 Å². The predicted octanol–water partition coefficient (Wildman–Crippen LogP) is 2.47. The topological polar surface area (TPSA) is 165 Å². The van der Waals surface area contributed by atoms with Gasteiger partial charge in [0.2, 0.25) is 11.6 Å². The van der Waals surface area contributed by atoms with Crippen molar-refractivity contribution < 1.29 is 23.6 Å². The standard InChI is InChI=1S/C23H24N8O5/c1-4-11-35-16-8-6-15(7-9-16)20-19(26-30-31(20)22-21(24)28-36-29-22)23(32)27-25-13-14-5-10-17(33-2)18(12-14)34-3/h5-10,12-13H,4,11H2,1-3H3,(H2,24,28)(H,27,32)/b25-13+. The van der Waals surface area contributed by atoms with E-state index in [0.717, 1.165) is 6.42 Å². The van der Waals surface area contributed by atoms with E-state index in [1.54, 1.807) is 49.6 Å². The van der Waals surface area contributed by atoms with Crippen LogP contribution in [0, 0.1) is 0 Å². The van der Waals surface area contributed by atoms with Crippen LogP contribution in [0.1, 0.15) is 29.4 Å². The molecule has 0 bridgehead atoms. The predicted molar refractivity (Wildman–Crippen MR) is 129 cm³/mol. The Morgan fingerprint density at radius 3 is 2.58 bits per heavy atom. The number of hydrogen-bond acceptors (Lipinski definition) is 11. The van der Waals surface area contributed by atoms with E-state index in [1.807, 2.05) is 6.92 Å². The molecule has 36 heavy (non-hydrogen) atoms. The molecule has 4 rings (SSSR count). The van der Waals surface area contributed by atoms with Gasteiger partial charge in [0.1, 0.15) is 11.4 Å². The van der Waals surface area contributed by atoms with Gasteiger partial charge in [-0.2, -0.15) is 9.78 Å². The smallest absolute Gasteiger partial charge is 0.294 e. The van der Waals surface area contributed by atoms with Gasteiger partial charge < -0.3 is 19.9 Å². The number of hydrazone groups is 1. The molecule has 1 amide bonds. The Morgan fingerprint density at radius 2 is 1.92 bits per heavy atom. The highest BCUT2D eigenvalue weighted by molar-refractivity contribution is 5.98. The minimum atomic E-state index is -0.602. The van der Waals surface area contributed by atoms with Crippen molar-refractivity contribution >= 4 is 17.9 Å². The zero-order chi connectivity index (χ0) is 25.5. The van der Waals surface area contributed by atoms with Gasteiger partial charge in [-0.15, -0.1) is 5.10 Å². The molecule has 0 fully saturated rings. The summed E-state index contributed by atoms with van der Waals surface area (Å²) in [6.07, 6.45) is 2.34. The monoisotopic (exact) mass is 492 g/mol. The number of anilines is 1. The fraction of sp³-hybridized carbons (Fsp3) is 0.217. The van der Waals surface area contributed by atoms with Crippen LogP contribution < -0.4 is 25.4 Å². The van der Waals surface area contributed by atoms with E-state index in [-0.39, 0.29) is 17.3 Å². The van der Waals surface area contributed by atoms with Gasteiger partial charge in [-0.1, -0.05) is 12.1 Å². The molecule has 2 aromatic heterocycles. The molecule has 0 atom stereocenters. The lowest BCUT2D eigenvalue weighted by atomic mass is 10.1. The van der Waals surface area contributed by atoms with Gasteiger partial charge in [-0.3, -0.25) is 4.79 Å². The first-order chi connectivity index (χ1) is 17.5. The van der Waals surface area contributed by atoms with E-state index in [9.17, 15) is 4.79 Å². The molecule has 0 aliphatic heterocycles. The second kappa shape index (κ2) is 11.0. The summed E-state index contributed by atoms with van der Waals surface area (Å²) in [5.41, 5.74) is 9.92. The SMILES string of the molecule is CCCOc1ccc(-c2c(C(=O)N/N=C/c3ccc(OC)c(OC)c3)nnn2-c2nonc2N)cc1. The van der Waals surface area contributed by atoms with Gasteiger partial charge in [0.25, 0.3) is 5.91 Å². The van der Waals surface area contributed by atoms with Crippen molar-refractivity contribution in [3.05, 3.63) is 53.7 Å². The van der Waals surface area contributed by atoms with Crippen LogP contribution in [0.2, 0.25) is 0 Å². The number of amides is 1. The summed E-state index contributed by atoms with van der Waals surface area (Å²) >= 11 is 0. The average Bonchev–Trinajstić information content (AvgIpc) is 3.53. The van der Waals surface area contributed by atoms with Crippen molar-refractivity contribution in [2.24, 2.45) is 5.10 Å². The van der Waals surface area contributed by atoms with Crippen LogP contribution in [0.4, 0.5) is 5.82 Å². The second-order valence-electron chi connectivity index (χ2n) is 7.36. The molecule has 0 aliphatic rings. The molecule has 2 aromatic carbocycles. The molecule has 13 nitrogen and oxygen atoms in total. The Balaban J connectivity index is 1.62. The summed E-state index contributed by atoms with van der Waals surface area (Å²) in [6, 6.07) is 12.3. The van der Waals surface area contributed by atoms with Crippen LogP contribution in [0.15, 0.2) is 52.2 Å². The van der Waals surface area contributed by atoms with Crippen LogP contribution in [0.25, 0.3) is 17.1 Å². The zero-order valence-electron chi connectivity index (χ0n) is 19.8.